The highest BCUT2D eigenvalue weighted by Gasteiger charge is 2.05. The Morgan fingerprint density at radius 1 is 0.696 bits per heavy atom. The smallest absolute Gasteiger partial charge is 0.137 e. The molecule has 2 aromatic carbocycles. The summed E-state index contributed by atoms with van der Waals surface area (Å²) in [5.74, 6) is 0. The highest BCUT2D eigenvalue weighted by Crippen LogP contribution is 2.25. The van der Waals surface area contributed by atoms with E-state index in [1.807, 2.05) is 35.0 Å². The van der Waals surface area contributed by atoms with Crippen molar-refractivity contribution >= 4 is 17.2 Å². The van der Waals surface area contributed by atoms with E-state index in [0.717, 1.165) is 16.9 Å². The first-order valence-corrected chi connectivity index (χ1v) is 7.47. The van der Waals surface area contributed by atoms with Gasteiger partial charge in [-0.15, -0.1) is 0 Å². The molecule has 0 atom stereocenters. The van der Waals surface area contributed by atoms with Gasteiger partial charge in [0.05, 0.1) is 10.7 Å². The van der Waals surface area contributed by atoms with Gasteiger partial charge in [0.25, 0.3) is 0 Å². The maximum absolute atomic E-state index is 6.01. The SMILES string of the molecule is Clc1ccc2nc(-c3ccc(-c4ccccc4)cc3)cn2c1.[Br-]. The molecule has 0 aliphatic carbocycles. The number of fused-ring (bicyclic) bond motifs is 1. The van der Waals surface area contributed by atoms with Crippen LogP contribution in [0.2, 0.25) is 5.02 Å². The Hall–Kier alpha value is -2.10. The quantitative estimate of drug-likeness (QED) is 0.518. The van der Waals surface area contributed by atoms with Crippen LogP contribution in [-0.4, -0.2) is 9.38 Å². The van der Waals surface area contributed by atoms with Crippen LogP contribution in [0.5, 0.6) is 0 Å². The molecule has 0 amide bonds. The summed E-state index contributed by atoms with van der Waals surface area (Å²) in [7, 11) is 0. The Morgan fingerprint density at radius 3 is 2.09 bits per heavy atom. The van der Waals surface area contributed by atoms with E-state index in [0.29, 0.717) is 5.02 Å². The number of hydrogen-bond donors (Lipinski definition) is 0. The molecule has 2 nitrogen and oxygen atoms in total. The summed E-state index contributed by atoms with van der Waals surface area (Å²) in [4.78, 5) is 4.63. The molecule has 0 aliphatic heterocycles. The third-order valence-electron chi connectivity index (χ3n) is 3.70. The normalized spacial score (nSPS) is 10.5. The van der Waals surface area contributed by atoms with Crippen LogP contribution in [0.15, 0.2) is 79.1 Å². The van der Waals surface area contributed by atoms with Gasteiger partial charge >= 0.3 is 0 Å². The molecule has 2 aromatic heterocycles. The van der Waals surface area contributed by atoms with E-state index in [1.165, 1.54) is 11.1 Å². The van der Waals surface area contributed by atoms with Gasteiger partial charge in [-0.1, -0.05) is 66.2 Å². The number of imidazole rings is 1. The summed E-state index contributed by atoms with van der Waals surface area (Å²) in [5.41, 5.74) is 5.36. The van der Waals surface area contributed by atoms with E-state index in [9.17, 15) is 0 Å². The summed E-state index contributed by atoms with van der Waals surface area (Å²) in [5, 5.41) is 0.705. The van der Waals surface area contributed by atoms with Gasteiger partial charge in [-0.25, -0.2) is 4.98 Å². The van der Waals surface area contributed by atoms with Crippen LogP contribution >= 0.6 is 11.6 Å². The number of halogens is 2. The van der Waals surface area contributed by atoms with Crippen molar-refractivity contribution in [3.8, 4) is 22.4 Å². The van der Waals surface area contributed by atoms with E-state index in [2.05, 4.69) is 53.5 Å². The van der Waals surface area contributed by atoms with Crippen molar-refractivity contribution in [3.63, 3.8) is 0 Å². The lowest BCUT2D eigenvalue weighted by molar-refractivity contribution is -0.00000424. The van der Waals surface area contributed by atoms with Crippen molar-refractivity contribution in [3.05, 3.63) is 84.1 Å². The predicted octanol–water partition coefficient (Wildman–Crippen LogP) is 2.33. The summed E-state index contributed by atoms with van der Waals surface area (Å²) in [6, 6.07) is 22.6. The van der Waals surface area contributed by atoms with Gasteiger partial charge in [-0.05, 0) is 23.3 Å². The van der Waals surface area contributed by atoms with Crippen molar-refractivity contribution in [1.29, 1.82) is 0 Å². The zero-order valence-corrected chi connectivity index (χ0v) is 14.5. The largest absolute Gasteiger partial charge is 1.00 e. The molecule has 0 spiro atoms. The number of pyridine rings is 1. The lowest BCUT2D eigenvalue weighted by atomic mass is 10.0. The maximum Gasteiger partial charge on any atom is 0.137 e. The molecule has 23 heavy (non-hydrogen) atoms. The highest BCUT2D eigenvalue weighted by molar-refractivity contribution is 6.30. The van der Waals surface area contributed by atoms with Crippen LogP contribution < -0.4 is 17.0 Å². The molecule has 0 saturated carbocycles. The summed E-state index contributed by atoms with van der Waals surface area (Å²) < 4.78 is 1.95. The molecule has 0 aliphatic rings. The van der Waals surface area contributed by atoms with E-state index < -0.39 is 0 Å². The fourth-order valence-electron chi connectivity index (χ4n) is 2.57. The number of nitrogens with zero attached hydrogens (tertiary/aromatic N) is 2. The van der Waals surface area contributed by atoms with Crippen molar-refractivity contribution < 1.29 is 17.0 Å². The molecular weight excluding hydrogens is 372 g/mol. The lowest BCUT2D eigenvalue weighted by Crippen LogP contribution is -3.00. The Kier molecular flexibility index (Phi) is 4.51. The zero-order valence-electron chi connectivity index (χ0n) is 12.2. The summed E-state index contributed by atoms with van der Waals surface area (Å²) in [6.45, 7) is 0. The van der Waals surface area contributed by atoms with Crippen LogP contribution in [0.3, 0.4) is 0 Å². The first-order valence-electron chi connectivity index (χ1n) is 7.10. The third kappa shape index (κ3) is 3.16. The molecule has 0 N–H and O–H groups in total. The van der Waals surface area contributed by atoms with E-state index in [-0.39, 0.29) is 17.0 Å². The molecule has 2 heterocycles. The molecule has 0 unspecified atom stereocenters. The van der Waals surface area contributed by atoms with Gasteiger partial charge in [-0.2, -0.15) is 0 Å². The minimum atomic E-state index is 0. The lowest BCUT2D eigenvalue weighted by Gasteiger charge is -2.02. The van der Waals surface area contributed by atoms with Gasteiger partial charge in [0.2, 0.25) is 0 Å². The number of aromatic nitrogens is 2. The van der Waals surface area contributed by atoms with Crippen molar-refractivity contribution in [2.45, 2.75) is 0 Å². The molecule has 0 bridgehead atoms. The average molecular weight is 385 g/mol. The van der Waals surface area contributed by atoms with Gasteiger partial charge < -0.3 is 21.4 Å². The number of hydrogen-bond acceptors (Lipinski definition) is 1. The van der Waals surface area contributed by atoms with E-state index in [1.54, 1.807) is 0 Å². The van der Waals surface area contributed by atoms with Gasteiger partial charge in [0.1, 0.15) is 5.65 Å². The monoisotopic (exact) mass is 383 g/mol. The molecule has 4 rings (SSSR count). The molecule has 114 valence electrons. The predicted molar refractivity (Wildman–Crippen MR) is 91.1 cm³/mol. The van der Waals surface area contributed by atoms with E-state index in [4.69, 9.17) is 11.6 Å². The Labute approximate surface area is 150 Å². The molecular formula is C19H13BrClN2-. The van der Waals surface area contributed by atoms with Gasteiger partial charge in [0.15, 0.2) is 0 Å². The molecule has 0 fully saturated rings. The summed E-state index contributed by atoms with van der Waals surface area (Å²) in [6.07, 6.45) is 3.87. The van der Waals surface area contributed by atoms with Crippen molar-refractivity contribution in [1.82, 2.24) is 9.38 Å². The van der Waals surface area contributed by atoms with Gasteiger partial charge in [-0.3, -0.25) is 0 Å². The minimum Gasteiger partial charge on any atom is -1.00 e. The van der Waals surface area contributed by atoms with Crippen LogP contribution in [0.1, 0.15) is 0 Å². The maximum atomic E-state index is 6.01. The Balaban J connectivity index is 0.00000156. The topological polar surface area (TPSA) is 17.3 Å². The number of benzene rings is 2. The molecule has 0 saturated heterocycles. The van der Waals surface area contributed by atoms with Crippen LogP contribution in [0.25, 0.3) is 28.0 Å². The van der Waals surface area contributed by atoms with Crippen molar-refractivity contribution in [2.75, 3.05) is 0 Å². The molecule has 4 aromatic rings. The standard InChI is InChI=1S/C19H13ClN2.BrH/c20-17-10-11-19-21-18(13-22(19)12-17)16-8-6-15(7-9-16)14-4-2-1-3-5-14;/h1-13H;1H/p-1. The summed E-state index contributed by atoms with van der Waals surface area (Å²) >= 11 is 6.01. The van der Waals surface area contributed by atoms with Crippen molar-refractivity contribution in [2.24, 2.45) is 0 Å². The zero-order chi connectivity index (χ0) is 14.9. The molecule has 4 heteroatoms. The fraction of sp³-hybridized carbons (Fsp3) is 0. The van der Waals surface area contributed by atoms with E-state index >= 15 is 0 Å². The van der Waals surface area contributed by atoms with Crippen LogP contribution in [-0.2, 0) is 0 Å². The Bertz CT molecular complexity index is 931. The fourth-order valence-corrected chi connectivity index (χ4v) is 2.74. The average Bonchev–Trinajstić information content (AvgIpc) is 2.99. The second-order valence-corrected chi connectivity index (χ2v) is 5.62. The van der Waals surface area contributed by atoms with Gasteiger partial charge in [0, 0.05) is 18.0 Å². The second-order valence-electron chi connectivity index (χ2n) is 5.18. The Morgan fingerprint density at radius 2 is 1.35 bits per heavy atom. The first-order chi connectivity index (χ1) is 10.8. The third-order valence-corrected chi connectivity index (χ3v) is 3.93. The van der Waals surface area contributed by atoms with Crippen LogP contribution in [0, 0.1) is 0 Å². The first kappa shape index (κ1) is 15.8. The second kappa shape index (κ2) is 6.57. The van der Waals surface area contributed by atoms with Crippen LogP contribution in [0.4, 0.5) is 0 Å². The minimum absolute atomic E-state index is 0. The highest BCUT2D eigenvalue weighted by atomic mass is 79.9. The molecule has 0 radical (unpaired) electrons. The number of rotatable bonds is 2.